The molecule has 0 aromatic heterocycles. The number of rotatable bonds is 3. The molecule has 2 aliphatic heterocycles. The zero-order chi connectivity index (χ0) is 15.8. The number of imide groups is 1. The first-order valence-corrected chi connectivity index (χ1v) is 8.01. The van der Waals surface area contributed by atoms with Crippen molar-refractivity contribution in [1.82, 2.24) is 9.80 Å². The second-order valence-corrected chi connectivity index (χ2v) is 6.03. The van der Waals surface area contributed by atoms with E-state index in [-0.39, 0.29) is 11.8 Å². The lowest BCUT2D eigenvalue weighted by Gasteiger charge is -2.30. The molecule has 0 radical (unpaired) electrons. The molecule has 0 aliphatic carbocycles. The van der Waals surface area contributed by atoms with E-state index >= 15 is 0 Å². The summed E-state index contributed by atoms with van der Waals surface area (Å²) >= 11 is 0. The van der Waals surface area contributed by atoms with Crippen LogP contribution in [-0.2, 0) is 0 Å². The predicted octanol–water partition coefficient (Wildman–Crippen LogP) is 2.70. The van der Waals surface area contributed by atoms with Crippen LogP contribution in [0.15, 0.2) is 48.6 Å². The van der Waals surface area contributed by atoms with Crippen molar-refractivity contribution in [3.05, 3.63) is 59.7 Å². The molecule has 0 unspecified atom stereocenters. The summed E-state index contributed by atoms with van der Waals surface area (Å²) < 4.78 is 0. The molecule has 0 fully saturated rings. The van der Waals surface area contributed by atoms with Crippen molar-refractivity contribution in [3.63, 3.8) is 0 Å². The first-order valence-electron chi connectivity index (χ1n) is 8.01. The smallest absolute Gasteiger partial charge is 0.261 e. The lowest BCUT2D eigenvalue weighted by Crippen LogP contribution is -2.45. The van der Waals surface area contributed by atoms with E-state index in [4.69, 9.17) is 0 Å². The van der Waals surface area contributed by atoms with E-state index in [1.165, 1.54) is 4.90 Å². The van der Waals surface area contributed by atoms with Crippen molar-refractivity contribution in [1.29, 1.82) is 0 Å². The topological polar surface area (TPSA) is 40.6 Å². The molecular formula is C19H18N2O2. The highest BCUT2D eigenvalue weighted by molar-refractivity contribution is 6.25. The zero-order valence-electron chi connectivity index (χ0n) is 12.9. The van der Waals surface area contributed by atoms with E-state index in [1.807, 2.05) is 36.4 Å². The third kappa shape index (κ3) is 2.35. The van der Waals surface area contributed by atoms with Gasteiger partial charge in [-0.1, -0.05) is 36.4 Å². The van der Waals surface area contributed by atoms with E-state index in [1.54, 1.807) is 0 Å². The predicted molar refractivity (Wildman–Crippen MR) is 89.5 cm³/mol. The van der Waals surface area contributed by atoms with Gasteiger partial charge in [0.25, 0.3) is 11.8 Å². The van der Waals surface area contributed by atoms with Gasteiger partial charge in [0.05, 0.1) is 0 Å². The number of benzene rings is 2. The highest BCUT2D eigenvalue weighted by Gasteiger charge is 2.32. The Hall–Kier alpha value is -2.46. The van der Waals surface area contributed by atoms with Gasteiger partial charge in [0.1, 0.15) is 0 Å². The molecule has 2 aromatic carbocycles. The van der Waals surface area contributed by atoms with Gasteiger partial charge in [0.15, 0.2) is 0 Å². The number of hydrogen-bond donors (Lipinski definition) is 0. The van der Waals surface area contributed by atoms with Crippen LogP contribution < -0.4 is 0 Å². The summed E-state index contributed by atoms with van der Waals surface area (Å²) in [5, 5.41) is 1.74. The lowest BCUT2D eigenvalue weighted by molar-refractivity contribution is 0.0594. The minimum Gasteiger partial charge on any atom is -0.298 e. The Kier molecular flexibility index (Phi) is 3.46. The zero-order valence-corrected chi connectivity index (χ0v) is 12.9. The Morgan fingerprint density at radius 2 is 1.57 bits per heavy atom. The standard InChI is InChI=1S/C19H18N2O2/c22-18-15-8-4-6-14-7-5-9-16(17(14)15)19(23)21(18)13-12-20-10-2-1-3-11-20/h1-2,4-9H,3,10-13H2. The van der Waals surface area contributed by atoms with Crippen molar-refractivity contribution >= 4 is 22.6 Å². The SMILES string of the molecule is O=C1c2cccc3cccc(c23)C(=O)N1CCN1CC=CCC1. The minimum atomic E-state index is -0.174. The molecule has 4 heteroatoms. The molecule has 116 valence electrons. The molecule has 2 amide bonds. The van der Waals surface area contributed by atoms with Crippen LogP contribution >= 0.6 is 0 Å². The van der Waals surface area contributed by atoms with Gasteiger partial charge in [-0.3, -0.25) is 19.4 Å². The second kappa shape index (κ2) is 5.63. The molecule has 2 heterocycles. The van der Waals surface area contributed by atoms with Crippen LogP contribution in [0.1, 0.15) is 27.1 Å². The van der Waals surface area contributed by atoms with Gasteiger partial charge >= 0.3 is 0 Å². The van der Waals surface area contributed by atoms with Gasteiger partial charge in [0, 0.05) is 42.7 Å². The van der Waals surface area contributed by atoms with Gasteiger partial charge in [0.2, 0.25) is 0 Å². The van der Waals surface area contributed by atoms with Gasteiger partial charge < -0.3 is 0 Å². The summed E-state index contributed by atoms with van der Waals surface area (Å²) in [7, 11) is 0. The van der Waals surface area contributed by atoms with Crippen molar-refractivity contribution in [2.75, 3.05) is 26.2 Å². The van der Waals surface area contributed by atoms with Gasteiger partial charge in [-0.15, -0.1) is 0 Å². The lowest BCUT2D eigenvalue weighted by atomic mass is 9.94. The Morgan fingerprint density at radius 1 is 0.870 bits per heavy atom. The third-order valence-electron chi connectivity index (χ3n) is 4.64. The largest absolute Gasteiger partial charge is 0.298 e. The van der Waals surface area contributed by atoms with Crippen molar-refractivity contribution in [3.8, 4) is 0 Å². The Morgan fingerprint density at radius 3 is 2.17 bits per heavy atom. The maximum Gasteiger partial charge on any atom is 0.261 e. The van der Waals surface area contributed by atoms with Gasteiger partial charge in [-0.25, -0.2) is 0 Å². The fraction of sp³-hybridized carbons (Fsp3) is 0.263. The fourth-order valence-corrected chi connectivity index (χ4v) is 3.42. The highest BCUT2D eigenvalue weighted by atomic mass is 16.2. The summed E-state index contributed by atoms with van der Waals surface area (Å²) in [5.74, 6) is -0.348. The van der Waals surface area contributed by atoms with E-state index in [0.717, 1.165) is 36.8 Å². The van der Waals surface area contributed by atoms with Crippen molar-refractivity contribution < 1.29 is 9.59 Å². The maximum absolute atomic E-state index is 12.8. The monoisotopic (exact) mass is 306 g/mol. The number of carbonyl (C=O) groups excluding carboxylic acids is 2. The van der Waals surface area contributed by atoms with Gasteiger partial charge in [-0.2, -0.15) is 0 Å². The first-order chi connectivity index (χ1) is 11.3. The summed E-state index contributed by atoms with van der Waals surface area (Å²) in [6.07, 6.45) is 5.34. The maximum atomic E-state index is 12.8. The molecule has 0 N–H and O–H groups in total. The van der Waals surface area contributed by atoms with Crippen LogP contribution in [-0.4, -0.2) is 47.8 Å². The quantitative estimate of drug-likeness (QED) is 0.646. The minimum absolute atomic E-state index is 0.174. The Bertz CT molecular complexity index is 774. The van der Waals surface area contributed by atoms with Crippen LogP contribution in [0.25, 0.3) is 10.8 Å². The summed E-state index contributed by atoms with van der Waals surface area (Å²) in [6.45, 7) is 3.04. The summed E-state index contributed by atoms with van der Waals surface area (Å²) in [5.41, 5.74) is 1.27. The van der Waals surface area contributed by atoms with E-state index < -0.39 is 0 Å². The van der Waals surface area contributed by atoms with Crippen molar-refractivity contribution in [2.45, 2.75) is 6.42 Å². The first kappa shape index (κ1) is 14.2. The Balaban J connectivity index is 1.64. The van der Waals surface area contributed by atoms with Crippen LogP contribution in [0.5, 0.6) is 0 Å². The van der Waals surface area contributed by atoms with Crippen LogP contribution in [0.2, 0.25) is 0 Å². The Labute approximate surface area is 135 Å². The molecule has 23 heavy (non-hydrogen) atoms. The highest BCUT2D eigenvalue weighted by Crippen LogP contribution is 2.29. The number of amides is 2. The molecule has 2 aromatic rings. The molecule has 0 saturated heterocycles. The van der Waals surface area contributed by atoms with Crippen LogP contribution in [0.3, 0.4) is 0 Å². The second-order valence-electron chi connectivity index (χ2n) is 6.03. The number of nitrogens with zero attached hydrogens (tertiary/aromatic N) is 2. The van der Waals surface area contributed by atoms with E-state index in [0.29, 0.717) is 17.7 Å². The molecule has 4 rings (SSSR count). The molecule has 2 aliphatic rings. The molecule has 0 spiro atoms. The van der Waals surface area contributed by atoms with Crippen LogP contribution in [0.4, 0.5) is 0 Å². The normalized spacial score (nSPS) is 18.0. The van der Waals surface area contributed by atoms with Crippen molar-refractivity contribution in [2.24, 2.45) is 0 Å². The third-order valence-corrected chi connectivity index (χ3v) is 4.64. The average Bonchev–Trinajstić information content (AvgIpc) is 2.60. The molecule has 0 bridgehead atoms. The molecule has 4 nitrogen and oxygen atoms in total. The fourth-order valence-electron chi connectivity index (χ4n) is 3.42. The molecular weight excluding hydrogens is 288 g/mol. The average molecular weight is 306 g/mol. The number of hydrogen-bond acceptors (Lipinski definition) is 3. The number of carbonyl (C=O) groups is 2. The molecule has 0 saturated carbocycles. The van der Waals surface area contributed by atoms with Crippen LogP contribution in [0, 0.1) is 0 Å². The summed E-state index contributed by atoms with van der Waals surface area (Å²) in [4.78, 5) is 29.2. The van der Waals surface area contributed by atoms with Gasteiger partial charge in [-0.05, 0) is 23.9 Å². The van der Waals surface area contributed by atoms with E-state index in [9.17, 15) is 9.59 Å². The summed E-state index contributed by atoms with van der Waals surface area (Å²) in [6, 6.07) is 11.3. The van der Waals surface area contributed by atoms with E-state index in [2.05, 4.69) is 17.1 Å². The molecule has 0 atom stereocenters.